The fraction of sp³-hybridized carbons (Fsp3) is 0.409. The Morgan fingerprint density at radius 1 is 1.20 bits per heavy atom. The van der Waals surface area contributed by atoms with Gasteiger partial charge in [-0.25, -0.2) is 9.18 Å². The fourth-order valence-electron chi connectivity index (χ4n) is 3.39. The van der Waals surface area contributed by atoms with Crippen LogP contribution in [0, 0.1) is 5.41 Å². The summed E-state index contributed by atoms with van der Waals surface area (Å²) in [5.74, 6) is -0.700. The average Bonchev–Trinajstić information content (AvgIpc) is 2.59. The molecule has 25 heavy (non-hydrogen) atoms. The molecule has 0 N–H and O–H groups in total. The van der Waals surface area contributed by atoms with Gasteiger partial charge < -0.3 is 4.74 Å². The molecule has 0 radical (unpaired) electrons. The van der Waals surface area contributed by atoms with Crippen LogP contribution in [0.15, 0.2) is 53.1 Å². The molecule has 0 fully saturated rings. The van der Waals surface area contributed by atoms with Gasteiger partial charge in [-0.3, -0.25) is 0 Å². The largest absolute Gasteiger partial charge is 0.465 e. The maximum absolute atomic E-state index is 14.7. The van der Waals surface area contributed by atoms with Crippen LogP contribution in [0.3, 0.4) is 0 Å². The van der Waals surface area contributed by atoms with Gasteiger partial charge in [0.15, 0.2) is 0 Å². The summed E-state index contributed by atoms with van der Waals surface area (Å²) in [6, 6.07) is 6.37. The van der Waals surface area contributed by atoms with Gasteiger partial charge in [-0.2, -0.15) is 0 Å². The third-order valence-electron chi connectivity index (χ3n) is 4.95. The molecule has 0 unspecified atom stereocenters. The highest BCUT2D eigenvalue weighted by Gasteiger charge is 2.26. The molecule has 0 atom stereocenters. The molecule has 3 heteroatoms. The molecule has 0 saturated carbocycles. The first-order valence-corrected chi connectivity index (χ1v) is 8.69. The fourth-order valence-corrected chi connectivity index (χ4v) is 3.39. The molecule has 0 heterocycles. The molecule has 0 bridgehead atoms. The van der Waals surface area contributed by atoms with Crippen molar-refractivity contribution in [1.82, 2.24) is 0 Å². The molecule has 0 aromatic heterocycles. The van der Waals surface area contributed by atoms with Crippen molar-refractivity contribution in [2.75, 3.05) is 7.11 Å². The number of hydrogen-bond donors (Lipinski definition) is 0. The number of rotatable bonds is 4. The van der Waals surface area contributed by atoms with Crippen molar-refractivity contribution in [3.05, 3.63) is 64.3 Å². The lowest BCUT2D eigenvalue weighted by Gasteiger charge is -2.32. The summed E-state index contributed by atoms with van der Waals surface area (Å²) in [5.41, 5.74) is 4.29. The van der Waals surface area contributed by atoms with E-state index in [1.807, 2.05) is 6.08 Å². The van der Waals surface area contributed by atoms with Crippen LogP contribution in [-0.4, -0.2) is 13.1 Å². The summed E-state index contributed by atoms with van der Waals surface area (Å²) in [7, 11) is 1.33. The first-order chi connectivity index (χ1) is 11.8. The van der Waals surface area contributed by atoms with Crippen LogP contribution < -0.4 is 0 Å². The normalized spacial score (nSPS) is 18.3. The Hall–Kier alpha value is -2.16. The zero-order valence-electron chi connectivity index (χ0n) is 15.8. The monoisotopic (exact) mass is 342 g/mol. The van der Waals surface area contributed by atoms with Crippen molar-refractivity contribution < 1.29 is 13.9 Å². The van der Waals surface area contributed by atoms with Crippen LogP contribution >= 0.6 is 0 Å². The Morgan fingerprint density at radius 2 is 1.80 bits per heavy atom. The summed E-state index contributed by atoms with van der Waals surface area (Å²) in [6.07, 6.45) is 7.40. The number of methoxy groups -OCH3 is 1. The molecule has 1 aromatic carbocycles. The van der Waals surface area contributed by atoms with Gasteiger partial charge in [-0.05, 0) is 61.8 Å². The van der Waals surface area contributed by atoms with Crippen LogP contribution in [0.5, 0.6) is 0 Å². The summed E-state index contributed by atoms with van der Waals surface area (Å²) in [4.78, 5) is 11.5. The van der Waals surface area contributed by atoms with E-state index in [1.165, 1.54) is 24.7 Å². The highest BCUT2D eigenvalue weighted by Crippen LogP contribution is 2.41. The van der Waals surface area contributed by atoms with Crippen molar-refractivity contribution in [3.63, 3.8) is 0 Å². The maximum Gasteiger partial charge on any atom is 0.337 e. The zero-order valence-corrected chi connectivity index (χ0v) is 15.8. The number of benzene rings is 1. The number of halogens is 1. The number of carbonyl (C=O) groups is 1. The Labute approximate surface area is 150 Å². The zero-order chi connectivity index (χ0) is 18.6. The predicted molar refractivity (Wildman–Crippen MR) is 101 cm³/mol. The number of carbonyl (C=O) groups excluding carboxylic acids is 1. The molecule has 1 aromatic rings. The quantitative estimate of drug-likeness (QED) is 0.477. The van der Waals surface area contributed by atoms with Gasteiger partial charge in [0.05, 0.1) is 12.7 Å². The molecular weight excluding hydrogens is 315 g/mol. The third-order valence-corrected chi connectivity index (χ3v) is 4.95. The van der Waals surface area contributed by atoms with Crippen molar-refractivity contribution in [1.29, 1.82) is 0 Å². The first kappa shape index (κ1) is 19.2. The van der Waals surface area contributed by atoms with E-state index >= 15 is 0 Å². The second-order valence-electron chi connectivity index (χ2n) is 7.33. The maximum atomic E-state index is 14.7. The lowest BCUT2D eigenvalue weighted by Crippen LogP contribution is -2.19. The summed E-state index contributed by atoms with van der Waals surface area (Å²) in [5, 5.41) is 0. The van der Waals surface area contributed by atoms with Gasteiger partial charge >= 0.3 is 5.97 Å². The van der Waals surface area contributed by atoms with Crippen molar-refractivity contribution >= 4 is 11.8 Å². The molecule has 134 valence electrons. The van der Waals surface area contributed by atoms with E-state index in [4.69, 9.17) is 0 Å². The standard InChI is InChI=1S/C22H27FO2/c1-15-7-6-14-22(3,4)19(15)13-8-16(2)20(23)17-9-11-18(12-10-17)21(24)25-5/h8-13H,6-7,14H2,1-5H3/b13-8+,20-16-. The summed E-state index contributed by atoms with van der Waals surface area (Å²) >= 11 is 0. The van der Waals surface area contributed by atoms with E-state index in [1.54, 1.807) is 31.2 Å². The van der Waals surface area contributed by atoms with Gasteiger partial charge in [0.1, 0.15) is 5.83 Å². The number of ether oxygens (including phenoxy) is 1. The highest BCUT2D eigenvalue weighted by atomic mass is 19.1. The van der Waals surface area contributed by atoms with Crippen LogP contribution in [0.1, 0.15) is 62.9 Å². The van der Waals surface area contributed by atoms with Gasteiger partial charge in [0, 0.05) is 5.56 Å². The van der Waals surface area contributed by atoms with Gasteiger partial charge in [0.25, 0.3) is 0 Å². The van der Waals surface area contributed by atoms with E-state index in [-0.39, 0.29) is 11.2 Å². The Kier molecular flexibility index (Phi) is 5.99. The molecule has 0 spiro atoms. The van der Waals surface area contributed by atoms with Crippen molar-refractivity contribution in [3.8, 4) is 0 Å². The minimum Gasteiger partial charge on any atom is -0.465 e. The van der Waals surface area contributed by atoms with Crippen LogP contribution in [0.4, 0.5) is 4.39 Å². The molecule has 1 aliphatic rings. The Balaban J connectivity index is 2.25. The molecule has 0 aliphatic heterocycles. The van der Waals surface area contributed by atoms with Gasteiger partial charge in [-0.15, -0.1) is 0 Å². The molecular formula is C22H27FO2. The van der Waals surface area contributed by atoms with E-state index in [2.05, 4.69) is 31.6 Å². The van der Waals surface area contributed by atoms with E-state index in [0.717, 1.165) is 12.8 Å². The number of esters is 1. The lowest BCUT2D eigenvalue weighted by molar-refractivity contribution is 0.0600. The van der Waals surface area contributed by atoms with Crippen LogP contribution in [0.2, 0.25) is 0 Å². The lowest BCUT2D eigenvalue weighted by atomic mass is 9.72. The third kappa shape index (κ3) is 4.47. The molecule has 2 rings (SSSR count). The van der Waals surface area contributed by atoms with E-state index in [9.17, 15) is 9.18 Å². The molecule has 1 aliphatic carbocycles. The Bertz CT molecular complexity index is 734. The smallest absolute Gasteiger partial charge is 0.337 e. The first-order valence-electron chi connectivity index (χ1n) is 8.69. The summed E-state index contributed by atoms with van der Waals surface area (Å²) in [6.45, 7) is 8.43. The van der Waals surface area contributed by atoms with Gasteiger partial charge in [-0.1, -0.05) is 43.7 Å². The van der Waals surface area contributed by atoms with Crippen molar-refractivity contribution in [2.45, 2.75) is 47.0 Å². The molecule has 2 nitrogen and oxygen atoms in total. The molecule has 0 amide bonds. The second kappa shape index (κ2) is 7.81. The molecule has 0 saturated heterocycles. The number of allylic oxidation sites excluding steroid dienone is 5. The predicted octanol–water partition coefficient (Wildman–Crippen LogP) is 6.26. The van der Waals surface area contributed by atoms with Gasteiger partial charge in [0.2, 0.25) is 0 Å². The van der Waals surface area contributed by atoms with Crippen molar-refractivity contribution in [2.24, 2.45) is 5.41 Å². The van der Waals surface area contributed by atoms with E-state index < -0.39 is 5.97 Å². The number of hydrogen-bond acceptors (Lipinski definition) is 2. The van der Waals surface area contributed by atoms with Crippen LogP contribution in [0.25, 0.3) is 5.83 Å². The van der Waals surface area contributed by atoms with E-state index in [0.29, 0.717) is 16.7 Å². The minimum absolute atomic E-state index is 0.137. The van der Waals surface area contributed by atoms with Crippen LogP contribution in [-0.2, 0) is 4.74 Å². The topological polar surface area (TPSA) is 26.3 Å². The Morgan fingerprint density at radius 3 is 2.36 bits per heavy atom. The summed E-state index contributed by atoms with van der Waals surface area (Å²) < 4.78 is 19.3. The minimum atomic E-state index is -0.422. The average molecular weight is 342 g/mol. The highest BCUT2D eigenvalue weighted by molar-refractivity contribution is 5.89. The second-order valence-corrected chi connectivity index (χ2v) is 7.33. The SMILES string of the molecule is COC(=O)c1ccc(/C(F)=C(C)/C=C/C2=C(C)CCCC2(C)C)cc1.